The number of anilines is 3. The van der Waals surface area contributed by atoms with E-state index in [9.17, 15) is 19.7 Å². The number of rotatable bonds is 4. The number of non-ortho nitro benzene ring substituents is 1. The van der Waals surface area contributed by atoms with Crippen LogP contribution in [0.15, 0.2) is 36.4 Å². The number of nitrogens with one attached hydrogen (secondary N) is 3. The van der Waals surface area contributed by atoms with Crippen LogP contribution < -0.4 is 16.0 Å². The fourth-order valence-electron chi connectivity index (χ4n) is 2.72. The van der Waals surface area contributed by atoms with Gasteiger partial charge in [-0.15, -0.1) is 0 Å². The molecule has 0 bridgehead atoms. The fourth-order valence-corrected chi connectivity index (χ4v) is 2.72. The van der Waals surface area contributed by atoms with Gasteiger partial charge in [-0.25, -0.2) is 0 Å². The maximum atomic E-state index is 12.2. The number of nitro groups is 1. The molecule has 1 heterocycles. The number of hydrogen-bond acceptors (Lipinski definition) is 5. The van der Waals surface area contributed by atoms with Gasteiger partial charge in [-0.05, 0) is 49.2 Å². The standard InChI is InChI=1S/C18H18N4O4/c1-10-7-14-15(8-11(10)2)21-18(24)16(20-14)9-17(23)19-12-3-5-13(6-4-12)22(25)26/h3-8,16,20H,9H2,1-2H3,(H,19,23)(H,21,24)/t16-/m1/s1. The number of carbonyl (C=O) groups is 2. The van der Waals surface area contributed by atoms with Crippen molar-refractivity contribution >= 4 is 34.6 Å². The quantitative estimate of drug-likeness (QED) is 0.577. The van der Waals surface area contributed by atoms with Crippen LogP contribution in [0.25, 0.3) is 0 Å². The van der Waals surface area contributed by atoms with Crippen molar-refractivity contribution in [2.24, 2.45) is 0 Å². The summed E-state index contributed by atoms with van der Waals surface area (Å²) in [7, 11) is 0. The molecule has 0 aromatic heterocycles. The highest BCUT2D eigenvalue weighted by molar-refractivity contribution is 6.06. The lowest BCUT2D eigenvalue weighted by molar-refractivity contribution is -0.384. The molecule has 0 radical (unpaired) electrons. The van der Waals surface area contributed by atoms with Crippen molar-refractivity contribution in [3.63, 3.8) is 0 Å². The van der Waals surface area contributed by atoms with E-state index in [1.54, 1.807) is 0 Å². The van der Waals surface area contributed by atoms with Gasteiger partial charge in [-0.2, -0.15) is 0 Å². The second-order valence-corrected chi connectivity index (χ2v) is 6.22. The highest BCUT2D eigenvalue weighted by Gasteiger charge is 2.28. The van der Waals surface area contributed by atoms with E-state index in [2.05, 4.69) is 16.0 Å². The van der Waals surface area contributed by atoms with E-state index in [-0.39, 0.29) is 23.9 Å². The summed E-state index contributed by atoms with van der Waals surface area (Å²) in [6.07, 6.45) is -0.0603. The molecular weight excluding hydrogens is 336 g/mol. The Bertz CT molecular complexity index is 893. The van der Waals surface area contributed by atoms with Crippen molar-refractivity contribution in [2.75, 3.05) is 16.0 Å². The summed E-state index contributed by atoms with van der Waals surface area (Å²) >= 11 is 0. The Morgan fingerprint density at radius 2 is 1.77 bits per heavy atom. The fraction of sp³-hybridized carbons (Fsp3) is 0.222. The van der Waals surface area contributed by atoms with Gasteiger partial charge >= 0.3 is 0 Å². The zero-order chi connectivity index (χ0) is 18.8. The first-order chi connectivity index (χ1) is 12.3. The molecule has 8 heteroatoms. The summed E-state index contributed by atoms with van der Waals surface area (Å²) in [5.41, 5.74) is 4.01. The second-order valence-electron chi connectivity index (χ2n) is 6.22. The van der Waals surface area contributed by atoms with E-state index in [1.807, 2.05) is 26.0 Å². The van der Waals surface area contributed by atoms with E-state index in [0.717, 1.165) is 16.8 Å². The largest absolute Gasteiger partial charge is 0.372 e. The minimum Gasteiger partial charge on any atom is -0.372 e. The van der Waals surface area contributed by atoms with Crippen LogP contribution in [0.1, 0.15) is 17.5 Å². The molecule has 3 rings (SSSR count). The molecule has 0 spiro atoms. The average molecular weight is 354 g/mol. The Morgan fingerprint density at radius 1 is 1.15 bits per heavy atom. The van der Waals surface area contributed by atoms with Gasteiger partial charge in [-0.3, -0.25) is 19.7 Å². The lowest BCUT2D eigenvalue weighted by Gasteiger charge is -2.27. The number of carbonyl (C=O) groups excluding carboxylic acids is 2. The Kier molecular flexibility index (Phi) is 4.57. The van der Waals surface area contributed by atoms with E-state index in [4.69, 9.17) is 0 Å². The first-order valence-corrected chi connectivity index (χ1v) is 8.06. The number of amides is 2. The first kappa shape index (κ1) is 17.4. The third kappa shape index (κ3) is 3.64. The van der Waals surface area contributed by atoms with Gasteiger partial charge in [0, 0.05) is 17.8 Å². The van der Waals surface area contributed by atoms with Gasteiger partial charge in [0.1, 0.15) is 6.04 Å². The van der Waals surface area contributed by atoms with E-state index < -0.39 is 11.0 Å². The summed E-state index contributed by atoms with van der Waals surface area (Å²) in [6.45, 7) is 3.94. The molecule has 2 aromatic carbocycles. The van der Waals surface area contributed by atoms with Crippen molar-refractivity contribution < 1.29 is 14.5 Å². The molecule has 0 fully saturated rings. The third-order valence-corrected chi connectivity index (χ3v) is 4.29. The van der Waals surface area contributed by atoms with Crippen molar-refractivity contribution in [2.45, 2.75) is 26.3 Å². The van der Waals surface area contributed by atoms with Crippen molar-refractivity contribution in [1.29, 1.82) is 0 Å². The minimum absolute atomic E-state index is 0.0569. The maximum absolute atomic E-state index is 12.2. The summed E-state index contributed by atoms with van der Waals surface area (Å²) < 4.78 is 0. The zero-order valence-corrected chi connectivity index (χ0v) is 14.3. The lowest BCUT2D eigenvalue weighted by Crippen LogP contribution is -2.41. The monoisotopic (exact) mass is 354 g/mol. The van der Waals surface area contributed by atoms with E-state index in [1.165, 1.54) is 24.3 Å². The van der Waals surface area contributed by atoms with Gasteiger partial charge in [0.15, 0.2) is 0 Å². The molecule has 1 aliphatic heterocycles. The molecule has 1 atom stereocenters. The Hall–Kier alpha value is -3.42. The second kappa shape index (κ2) is 6.83. The highest BCUT2D eigenvalue weighted by Crippen LogP contribution is 2.30. The van der Waals surface area contributed by atoms with Crippen LogP contribution in [0, 0.1) is 24.0 Å². The lowest BCUT2D eigenvalue weighted by atomic mass is 10.0. The first-order valence-electron chi connectivity index (χ1n) is 8.06. The molecule has 1 aliphatic rings. The molecule has 0 saturated heterocycles. The van der Waals surface area contributed by atoms with Crippen LogP contribution in [0.5, 0.6) is 0 Å². The van der Waals surface area contributed by atoms with Gasteiger partial charge in [0.25, 0.3) is 5.69 Å². The van der Waals surface area contributed by atoms with Crippen LogP contribution in [0.3, 0.4) is 0 Å². The van der Waals surface area contributed by atoms with Crippen LogP contribution in [-0.2, 0) is 9.59 Å². The van der Waals surface area contributed by atoms with Crippen LogP contribution in [0.2, 0.25) is 0 Å². The van der Waals surface area contributed by atoms with Gasteiger partial charge < -0.3 is 16.0 Å². The van der Waals surface area contributed by atoms with Crippen molar-refractivity contribution in [1.82, 2.24) is 0 Å². The van der Waals surface area contributed by atoms with Crippen LogP contribution in [-0.4, -0.2) is 22.8 Å². The molecule has 0 saturated carbocycles. The summed E-state index contributed by atoms with van der Waals surface area (Å²) in [4.78, 5) is 34.6. The Balaban J connectivity index is 1.66. The van der Waals surface area contributed by atoms with E-state index in [0.29, 0.717) is 11.4 Å². The average Bonchev–Trinajstić information content (AvgIpc) is 2.58. The molecule has 3 N–H and O–H groups in total. The Labute approximate surface area is 149 Å². The minimum atomic E-state index is -0.692. The number of hydrogen-bond donors (Lipinski definition) is 3. The maximum Gasteiger partial charge on any atom is 0.269 e. The highest BCUT2D eigenvalue weighted by atomic mass is 16.6. The predicted octanol–water partition coefficient (Wildman–Crippen LogP) is 2.97. The molecule has 8 nitrogen and oxygen atoms in total. The topological polar surface area (TPSA) is 113 Å². The molecule has 0 unspecified atom stereocenters. The molecule has 26 heavy (non-hydrogen) atoms. The summed E-state index contributed by atoms with van der Waals surface area (Å²) in [6, 6.07) is 8.65. The molecular formula is C18H18N4O4. The SMILES string of the molecule is Cc1cc2c(cc1C)N[C@H](CC(=O)Nc1ccc([N+](=O)[O-])cc1)C(=O)N2. The van der Waals surface area contributed by atoms with Crippen LogP contribution >= 0.6 is 0 Å². The number of nitro benzene ring substituents is 1. The molecule has 134 valence electrons. The number of fused-ring (bicyclic) bond motifs is 1. The van der Waals surface area contributed by atoms with Gasteiger partial charge in [-0.1, -0.05) is 0 Å². The predicted molar refractivity (Wildman–Crippen MR) is 98.3 cm³/mol. The van der Waals surface area contributed by atoms with Crippen LogP contribution in [0.4, 0.5) is 22.7 Å². The van der Waals surface area contributed by atoms with E-state index >= 15 is 0 Å². The molecule has 2 aromatic rings. The van der Waals surface area contributed by atoms with Gasteiger partial charge in [0.2, 0.25) is 11.8 Å². The number of nitrogens with zero attached hydrogens (tertiary/aromatic N) is 1. The smallest absolute Gasteiger partial charge is 0.269 e. The zero-order valence-electron chi connectivity index (χ0n) is 14.3. The van der Waals surface area contributed by atoms with Crippen molar-refractivity contribution in [3.05, 3.63) is 57.6 Å². The molecule has 2 amide bonds. The third-order valence-electron chi connectivity index (χ3n) is 4.29. The normalized spacial score (nSPS) is 15.5. The molecule has 0 aliphatic carbocycles. The van der Waals surface area contributed by atoms with Crippen molar-refractivity contribution in [3.8, 4) is 0 Å². The number of aryl methyl sites for hydroxylation is 2. The Morgan fingerprint density at radius 3 is 2.38 bits per heavy atom. The number of benzene rings is 2. The summed E-state index contributed by atoms with van der Waals surface area (Å²) in [5.74, 6) is -0.640. The van der Waals surface area contributed by atoms with Gasteiger partial charge in [0.05, 0.1) is 22.7 Å². The summed E-state index contributed by atoms with van der Waals surface area (Å²) in [5, 5.41) is 19.2.